The van der Waals surface area contributed by atoms with Gasteiger partial charge in [0.05, 0.1) is 42.0 Å². The number of likely N-dealkylation sites (N-methyl/N-ethyl adjacent to an activating group) is 1. The van der Waals surface area contributed by atoms with Gasteiger partial charge in [-0.05, 0) is 99.6 Å². The van der Waals surface area contributed by atoms with Crippen molar-refractivity contribution in [2.45, 2.75) is 162 Å². The lowest BCUT2D eigenvalue weighted by Gasteiger charge is -2.40. The molecule has 23 nitrogen and oxygen atoms in total. The van der Waals surface area contributed by atoms with E-state index in [4.69, 9.17) is 15.2 Å². The number of halogens is 1. The van der Waals surface area contributed by atoms with Crippen LogP contribution in [0.4, 0.5) is 10.5 Å². The van der Waals surface area contributed by atoms with Gasteiger partial charge in [-0.15, -0.1) is 0 Å². The number of hydrogen-bond donors (Lipinski definition) is 9. The minimum atomic E-state index is -1.18. The van der Waals surface area contributed by atoms with Crippen LogP contribution in [0.3, 0.4) is 0 Å². The van der Waals surface area contributed by atoms with Crippen LogP contribution in [0.5, 0.6) is 0 Å². The molecule has 10 amide bonds. The molecular weight excluding hydrogens is 1140 g/mol. The van der Waals surface area contributed by atoms with Crippen molar-refractivity contribution < 1.29 is 62.5 Å². The molecule has 0 bridgehead atoms. The van der Waals surface area contributed by atoms with E-state index < -0.39 is 102 Å². The van der Waals surface area contributed by atoms with Crippen LogP contribution < -0.4 is 43.0 Å². The molecule has 0 saturated carbocycles. The SMILES string of the molecule is CC[C@H](C)[C@@H]([C@@H](CC(=O)N1CCC[C@H]1[C@H](OC)[C@@H](C)C(=O)N[C@@H](Cc1ccccc1)C(=O)O)OC)N(C)C(=O)[C@@H](NC(=O)c1ccc(NC(=O)[C@H](CCCNC(N)=O)NC(=O)C(NC(=O)CCCCCNC(=O)CBr)=C(C)C)cc1)C(C)C. The lowest BCUT2D eigenvalue weighted by molar-refractivity contribution is -0.147. The van der Waals surface area contributed by atoms with Crippen molar-refractivity contribution in [3.63, 3.8) is 0 Å². The molecule has 1 aliphatic rings. The number of nitrogens with zero attached hydrogens (tertiary/aromatic N) is 2. The van der Waals surface area contributed by atoms with Crippen LogP contribution in [0.15, 0.2) is 65.9 Å². The van der Waals surface area contributed by atoms with Gasteiger partial charge in [-0.2, -0.15) is 0 Å². The van der Waals surface area contributed by atoms with Gasteiger partial charge in [-0.1, -0.05) is 93.7 Å². The summed E-state index contributed by atoms with van der Waals surface area (Å²) in [6.45, 7) is 13.4. The minimum absolute atomic E-state index is 0.0227. The molecule has 0 spiro atoms. The number of primary amides is 1. The Morgan fingerprint density at radius 2 is 1.47 bits per heavy atom. The standard InChI is InChI=1S/C59H89BrN10O13/c1-11-37(6)51(45(82-9)33-48(73)70-31-19-23-44(70)52(83-10)38(7)53(74)66-43(58(79)80)32-39-20-14-12-15-21-39)69(8)57(78)50(36(4)5)68-54(75)40-25-27-41(28-26-40)64-55(76)42(22-18-30-63-59(61)81)65-56(77)49(35(2)3)67-46(71)24-16-13-17-29-62-47(72)34-60/h12,14-15,20-21,25-28,36-38,42-45,50-52H,11,13,16-19,22-24,29-34H2,1-10H3,(H,62,72)(H,64,76)(H,65,77)(H,66,74)(H,67,71)(H,68,75)(H,79,80)(H3,61,63,81)/t37-,38+,42-,43-,44-,45+,50-,51-,52+/m0/s1. The van der Waals surface area contributed by atoms with Crippen LogP contribution in [0.25, 0.3) is 0 Å². The number of alkyl halides is 1. The molecule has 0 radical (unpaired) electrons. The van der Waals surface area contributed by atoms with Gasteiger partial charge in [-0.25, -0.2) is 9.59 Å². The number of carbonyl (C=O) groups excluding carboxylic acids is 9. The molecule has 1 saturated heterocycles. The summed E-state index contributed by atoms with van der Waals surface area (Å²) in [5.41, 5.74) is 6.89. The number of carboxylic acids is 1. The smallest absolute Gasteiger partial charge is 0.326 e. The van der Waals surface area contributed by atoms with Gasteiger partial charge in [0.15, 0.2) is 0 Å². The van der Waals surface area contributed by atoms with Crippen LogP contribution >= 0.6 is 15.9 Å². The Morgan fingerprint density at radius 1 is 0.807 bits per heavy atom. The minimum Gasteiger partial charge on any atom is -0.480 e. The predicted octanol–water partition coefficient (Wildman–Crippen LogP) is 4.53. The van der Waals surface area contributed by atoms with Crippen LogP contribution in [0, 0.1) is 17.8 Å². The number of likely N-dealkylation sites (tertiary alicyclic amines) is 1. The number of nitrogens with one attached hydrogen (secondary N) is 7. The predicted molar refractivity (Wildman–Crippen MR) is 318 cm³/mol. The maximum atomic E-state index is 14.6. The molecule has 1 fully saturated rings. The highest BCUT2D eigenvalue weighted by molar-refractivity contribution is 9.09. The third kappa shape index (κ3) is 22.6. The summed E-state index contributed by atoms with van der Waals surface area (Å²) >= 11 is 3.09. The number of allylic oxidation sites excluding steroid dienone is 1. The van der Waals surface area contributed by atoms with E-state index in [1.165, 1.54) is 43.4 Å². The number of anilines is 1. The normalized spacial score (nSPS) is 15.9. The van der Waals surface area contributed by atoms with Crippen LogP contribution in [-0.4, -0.2) is 163 Å². The van der Waals surface area contributed by atoms with Crippen molar-refractivity contribution in [2.75, 3.05) is 51.5 Å². The Balaban J connectivity index is 1.73. The van der Waals surface area contributed by atoms with Gasteiger partial charge < -0.3 is 67.3 Å². The molecule has 1 aliphatic heterocycles. The second kappa shape index (κ2) is 35.9. The third-order valence-corrected chi connectivity index (χ3v) is 15.4. The summed E-state index contributed by atoms with van der Waals surface area (Å²) in [6, 6.07) is 9.66. The van der Waals surface area contributed by atoms with Gasteiger partial charge in [-0.3, -0.25) is 38.4 Å². The van der Waals surface area contributed by atoms with E-state index in [1.807, 2.05) is 19.9 Å². The zero-order valence-corrected chi connectivity index (χ0v) is 51.4. The quantitative estimate of drug-likeness (QED) is 0.0261. The second-order valence-electron chi connectivity index (χ2n) is 21.6. The number of urea groups is 1. The van der Waals surface area contributed by atoms with Crippen LogP contribution in [-0.2, 0) is 54.3 Å². The summed E-state index contributed by atoms with van der Waals surface area (Å²) in [7, 11) is 4.56. The number of carbonyl (C=O) groups is 10. The average molecular weight is 1230 g/mol. The zero-order chi connectivity index (χ0) is 61.9. The van der Waals surface area contributed by atoms with E-state index >= 15 is 0 Å². The number of benzene rings is 2. The molecular formula is C59H89BrN10O13. The Labute approximate surface area is 496 Å². The first-order valence-electron chi connectivity index (χ1n) is 28.4. The Bertz CT molecular complexity index is 2530. The topological polar surface area (TPSA) is 326 Å². The maximum Gasteiger partial charge on any atom is 0.326 e. The molecule has 1 heterocycles. The molecule has 0 aromatic heterocycles. The van der Waals surface area contributed by atoms with Crippen molar-refractivity contribution in [3.05, 3.63) is 77.0 Å². The monoisotopic (exact) mass is 1220 g/mol. The highest BCUT2D eigenvalue weighted by Gasteiger charge is 2.43. The summed E-state index contributed by atoms with van der Waals surface area (Å²) in [6.07, 6.45) is 2.49. The summed E-state index contributed by atoms with van der Waals surface area (Å²) in [5, 5.41) is 29.1. The number of carboxylic acid groups (broad SMARTS) is 1. The molecule has 10 N–H and O–H groups in total. The summed E-state index contributed by atoms with van der Waals surface area (Å²) in [4.78, 5) is 135. The van der Waals surface area contributed by atoms with Gasteiger partial charge in [0.25, 0.3) is 11.8 Å². The molecule has 2 aromatic rings. The van der Waals surface area contributed by atoms with Crippen molar-refractivity contribution in [2.24, 2.45) is 23.5 Å². The van der Waals surface area contributed by atoms with Crippen LogP contribution in [0.1, 0.15) is 129 Å². The number of nitrogens with two attached hydrogens (primary N) is 1. The summed E-state index contributed by atoms with van der Waals surface area (Å²) < 4.78 is 11.9. The third-order valence-electron chi connectivity index (χ3n) is 14.9. The first kappa shape index (κ1) is 70.3. The summed E-state index contributed by atoms with van der Waals surface area (Å²) in [5.74, 6) is -6.21. The van der Waals surface area contributed by atoms with E-state index in [0.717, 1.165) is 5.56 Å². The fourth-order valence-electron chi connectivity index (χ4n) is 10.0. The fraction of sp³-hybridized carbons (Fsp3) is 0.593. The Kier molecular flexibility index (Phi) is 30.5. The highest BCUT2D eigenvalue weighted by atomic mass is 79.9. The second-order valence-corrected chi connectivity index (χ2v) is 22.2. The molecule has 9 atom stereocenters. The number of methoxy groups -OCH3 is 2. The molecule has 24 heteroatoms. The molecule has 0 unspecified atom stereocenters. The van der Waals surface area contributed by atoms with Gasteiger partial charge >= 0.3 is 12.0 Å². The zero-order valence-electron chi connectivity index (χ0n) is 49.8. The van der Waals surface area contributed by atoms with Crippen LogP contribution in [0.2, 0.25) is 0 Å². The van der Waals surface area contributed by atoms with E-state index in [9.17, 15) is 53.1 Å². The number of unbranched alkanes of at least 4 members (excludes halogenated alkanes) is 2. The number of rotatable bonds is 35. The van der Waals surface area contributed by atoms with Gasteiger partial charge in [0.1, 0.15) is 23.8 Å². The highest BCUT2D eigenvalue weighted by Crippen LogP contribution is 2.30. The molecule has 83 heavy (non-hydrogen) atoms. The number of hydrogen-bond acceptors (Lipinski definition) is 12. The van der Waals surface area contributed by atoms with E-state index in [0.29, 0.717) is 57.2 Å². The Hall–Kier alpha value is -6.92. The number of amides is 10. The maximum absolute atomic E-state index is 14.6. The van der Waals surface area contributed by atoms with Gasteiger partial charge in [0, 0.05) is 65.0 Å². The average Bonchev–Trinajstić information content (AvgIpc) is 4.08. The van der Waals surface area contributed by atoms with Gasteiger partial charge in [0.2, 0.25) is 35.4 Å². The largest absolute Gasteiger partial charge is 0.480 e. The first-order chi connectivity index (χ1) is 39.4. The van der Waals surface area contributed by atoms with E-state index in [2.05, 4.69) is 53.1 Å². The first-order valence-corrected chi connectivity index (χ1v) is 29.6. The van der Waals surface area contributed by atoms with Crippen molar-refractivity contribution in [1.82, 2.24) is 41.7 Å². The molecule has 0 aliphatic carbocycles. The number of aliphatic carboxylic acids is 1. The molecule has 460 valence electrons. The lowest BCUT2D eigenvalue weighted by Crippen LogP contribution is -2.57. The fourth-order valence-corrected chi connectivity index (χ4v) is 10.2. The Morgan fingerprint density at radius 3 is 2.05 bits per heavy atom. The van der Waals surface area contributed by atoms with Crippen molar-refractivity contribution in [1.29, 1.82) is 0 Å². The molecule has 2 aromatic carbocycles. The van der Waals surface area contributed by atoms with Crippen molar-refractivity contribution in [3.8, 4) is 0 Å². The lowest BCUT2D eigenvalue weighted by atomic mass is 9.89. The molecule has 3 rings (SSSR count). The number of ether oxygens (including phenoxy) is 2. The van der Waals surface area contributed by atoms with E-state index in [-0.39, 0.29) is 78.7 Å². The van der Waals surface area contributed by atoms with Crippen molar-refractivity contribution >= 4 is 80.9 Å². The van der Waals surface area contributed by atoms with E-state index in [1.54, 1.807) is 70.8 Å².